The monoisotopic (exact) mass is 357 g/mol. The molecule has 1 atom stereocenters. The molecule has 4 heteroatoms. The SMILES string of the molecule is CC(C)(C)[Si](C)(C)OC(CCc1cccnc1)COc1ccccc1. The Bertz CT molecular complexity index is 580. The number of aryl methyl sites for hydroxylation is 1. The van der Waals surface area contributed by atoms with Crippen LogP contribution >= 0.6 is 0 Å². The van der Waals surface area contributed by atoms with E-state index in [9.17, 15) is 0 Å². The van der Waals surface area contributed by atoms with Crippen molar-refractivity contribution < 1.29 is 9.16 Å². The molecule has 0 saturated carbocycles. The molecule has 0 N–H and O–H groups in total. The summed E-state index contributed by atoms with van der Waals surface area (Å²) in [6.07, 6.45) is 5.71. The molecule has 0 aliphatic rings. The summed E-state index contributed by atoms with van der Waals surface area (Å²) in [5, 5.41) is 0.187. The summed E-state index contributed by atoms with van der Waals surface area (Å²) in [5.74, 6) is 0.896. The maximum Gasteiger partial charge on any atom is 0.192 e. The lowest BCUT2D eigenvalue weighted by Crippen LogP contribution is -2.45. The van der Waals surface area contributed by atoms with Gasteiger partial charge in [0.2, 0.25) is 0 Å². The summed E-state index contributed by atoms with van der Waals surface area (Å²) in [7, 11) is -1.84. The third kappa shape index (κ3) is 6.29. The topological polar surface area (TPSA) is 31.4 Å². The fourth-order valence-corrected chi connectivity index (χ4v) is 3.72. The van der Waals surface area contributed by atoms with Crippen molar-refractivity contribution in [2.75, 3.05) is 6.61 Å². The van der Waals surface area contributed by atoms with Crippen LogP contribution in [0.4, 0.5) is 0 Å². The zero-order valence-corrected chi connectivity index (χ0v) is 17.2. The fraction of sp³-hybridized carbons (Fsp3) is 0.476. The minimum atomic E-state index is -1.84. The van der Waals surface area contributed by atoms with E-state index in [1.54, 1.807) is 0 Å². The number of pyridine rings is 1. The van der Waals surface area contributed by atoms with Gasteiger partial charge in [-0.3, -0.25) is 4.98 Å². The summed E-state index contributed by atoms with van der Waals surface area (Å²) in [5.41, 5.74) is 1.24. The Morgan fingerprint density at radius 1 is 1.04 bits per heavy atom. The van der Waals surface area contributed by atoms with Crippen LogP contribution in [-0.4, -0.2) is 26.0 Å². The molecule has 3 nitrogen and oxygen atoms in total. The Morgan fingerprint density at radius 2 is 1.76 bits per heavy atom. The molecule has 1 heterocycles. The number of hydrogen-bond donors (Lipinski definition) is 0. The Kier molecular flexibility index (Phi) is 6.79. The van der Waals surface area contributed by atoms with Gasteiger partial charge in [-0.25, -0.2) is 0 Å². The molecule has 0 amide bonds. The predicted octanol–water partition coefficient (Wildman–Crippen LogP) is 5.48. The first-order valence-electron chi connectivity index (χ1n) is 9.02. The molecule has 1 unspecified atom stereocenters. The van der Waals surface area contributed by atoms with Crippen LogP contribution in [0.1, 0.15) is 32.8 Å². The summed E-state index contributed by atoms with van der Waals surface area (Å²) < 4.78 is 12.6. The van der Waals surface area contributed by atoms with Crippen molar-refractivity contribution in [1.82, 2.24) is 4.98 Å². The number of rotatable bonds is 8. The highest BCUT2D eigenvalue weighted by atomic mass is 28.4. The highest BCUT2D eigenvalue weighted by Gasteiger charge is 2.39. The van der Waals surface area contributed by atoms with E-state index in [4.69, 9.17) is 9.16 Å². The smallest absolute Gasteiger partial charge is 0.192 e. The zero-order chi connectivity index (χ0) is 18.3. The van der Waals surface area contributed by atoms with E-state index < -0.39 is 8.32 Å². The number of nitrogens with zero attached hydrogens (tertiary/aromatic N) is 1. The van der Waals surface area contributed by atoms with Crippen molar-refractivity contribution in [2.45, 2.75) is 57.8 Å². The van der Waals surface area contributed by atoms with Crippen LogP contribution in [0.5, 0.6) is 5.75 Å². The summed E-state index contributed by atoms with van der Waals surface area (Å²) >= 11 is 0. The minimum absolute atomic E-state index is 0.0845. The van der Waals surface area contributed by atoms with Crippen LogP contribution in [0.15, 0.2) is 54.9 Å². The van der Waals surface area contributed by atoms with E-state index in [0.717, 1.165) is 18.6 Å². The molecular formula is C21H31NO2Si. The number of para-hydroxylation sites is 1. The largest absolute Gasteiger partial charge is 0.491 e. The first-order valence-corrected chi connectivity index (χ1v) is 11.9. The lowest BCUT2D eigenvalue weighted by Gasteiger charge is -2.39. The highest BCUT2D eigenvalue weighted by Crippen LogP contribution is 2.37. The molecular weight excluding hydrogens is 326 g/mol. The Balaban J connectivity index is 2.02. The van der Waals surface area contributed by atoms with Gasteiger partial charge in [0.25, 0.3) is 0 Å². The average molecular weight is 358 g/mol. The molecule has 0 aliphatic heterocycles. The van der Waals surface area contributed by atoms with Gasteiger partial charge >= 0.3 is 0 Å². The van der Waals surface area contributed by atoms with Crippen molar-refractivity contribution >= 4 is 8.32 Å². The van der Waals surface area contributed by atoms with Crippen LogP contribution in [0.2, 0.25) is 18.1 Å². The molecule has 0 bridgehead atoms. The molecule has 1 aromatic carbocycles. The van der Waals surface area contributed by atoms with Crippen LogP contribution < -0.4 is 4.74 Å². The zero-order valence-electron chi connectivity index (χ0n) is 16.2. The number of benzene rings is 1. The second-order valence-corrected chi connectivity index (χ2v) is 12.8. The lowest BCUT2D eigenvalue weighted by molar-refractivity contribution is 0.108. The van der Waals surface area contributed by atoms with Crippen molar-refractivity contribution in [1.29, 1.82) is 0 Å². The van der Waals surface area contributed by atoms with E-state index in [0.29, 0.717) is 6.61 Å². The van der Waals surface area contributed by atoms with E-state index >= 15 is 0 Å². The lowest BCUT2D eigenvalue weighted by atomic mass is 10.1. The van der Waals surface area contributed by atoms with Gasteiger partial charge in [0.1, 0.15) is 12.4 Å². The van der Waals surface area contributed by atoms with E-state index in [-0.39, 0.29) is 11.1 Å². The van der Waals surface area contributed by atoms with Gasteiger partial charge in [0, 0.05) is 12.4 Å². The second-order valence-electron chi connectivity index (χ2n) is 8.02. The van der Waals surface area contributed by atoms with E-state index in [1.807, 2.05) is 48.8 Å². The second kappa shape index (κ2) is 8.63. The van der Waals surface area contributed by atoms with Gasteiger partial charge < -0.3 is 9.16 Å². The summed E-state index contributed by atoms with van der Waals surface area (Å²) in [6.45, 7) is 12.0. The van der Waals surface area contributed by atoms with Gasteiger partial charge in [-0.2, -0.15) is 0 Å². The molecule has 136 valence electrons. The molecule has 0 fully saturated rings. The normalized spacial score (nSPS) is 13.5. The van der Waals surface area contributed by atoms with Gasteiger partial charge in [0.05, 0.1) is 6.10 Å². The number of aromatic nitrogens is 1. The quantitative estimate of drug-likeness (QED) is 0.586. The van der Waals surface area contributed by atoms with Crippen LogP contribution in [0.25, 0.3) is 0 Å². The average Bonchev–Trinajstić information content (AvgIpc) is 2.58. The first kappa shape index (κ1) is 19.7. The van der Waals surface area contributed by atoms with Crippen molar-refractivity contribution in [3.63, 3.8) is 0 Å². The molecule has 2 rings (SSSR count). The molecule has 25 heavy (non-hydrogen) atoms. The minimum Gasteiger partial charge on any atom is -0.491 e. The molecule has 0 radical (unpaired) electrons. The van der Waals surface area contributed by atoms with Crippen LogP contribution in [0.3, 0.4) is 0 Å². The maximum absolute atomic E-state index is 6.64. The van der Waals surface area contributed by atoms with Crippen molar-refractivity contribution in [2.24, 2.45) is 0 Å². The highest BCUT2D eigenvalue weighted by molar-refractivity contribution is 6.74. The predicted molar refractivity (Wildman–Crippen MR) is 107 cm³/mol. The Labute approximate surface area is 153 Å². The van der Waals surface area contributed by atoms with Crippen molar-refractivity contribution in [3.8, 4) is 5.75 Å². The fourth-order valence-electron chi connectivity index (χ4n) is 2.35. The van der Waals surface area contributed by atoms with Gasteiger partial charge in [-0.05, 0) is 54.7 Å². The standard InChI is InChI=1S/C21H31NO2Si/c1-21(2,3)25(4,5)24-20(14-13-18-10-9-15-22-16-18)17-23-19-11-7-6-8-12-19/h6-12,15-16,20H,13-14,17H2,1-5H3. The molecule has 2 aromatic rings. The maximum atomic E-state index is 6.64. The third-order valence-electron chi connectivity index (χ3n) is 4.92. The molecule has 0 aliphatic carbocycles. The van der Waals surface area contributed by atoms with Crippen LogP contribution in [0, 0.1) is 0 Å². The van der Waals surface area contributed by atoms with E-state index in [2.05, 4.69) is 44.9 Å². The molecule has 1 aromatic heterocycles. The first-order chi connectivity index (χ1) is 11.8. The van der Waals surface area contributed by atoms with Crippen molar-refractivity contribution in [3.05, 3.63) is 60.4 Å². The van der Waals surface area contributed by atoms with Gasteiger partial charge in [-0.15, -0.1) is 0 Å². The van der Waals surface area contributed by atoms with Gasteiger partial charge in [-0.1, -0.05) is 45.0 Å². The van der Waals surface area contributed by atoms with Gasteiger partial charge in [0.15, 0.2) is 8.32 Å². The Morgan fingerprint density at radius 3 is 2.36 bits per heavy atom. The molecule has 0 saturated heterocycles. The van der Waals surface area contributed by atoms with Crippen LogP contribution in [-0.2, 0) is 10.8 Å². The molecule has 0 spiro atoms. The summed E-state index contributed by atoms with van der Waals surface area (Å²) in [4.78, 5) is 4.21. The third-order valence-corrected chi connectivity index (χ3v) is 9.46. The number of ether oxygens (including phenoxy) is 1. The summed E-state index contributed by atoms with van der Waals surface area (Å²) in [6, 6.07) is 14.1. The van der Waals surface area contributed by atoms with E-state index in [1.165, 1.54) is 5.56 Å². The number of hydrogen-bond acceptors (Lipinski definition) is 3. The Hall–Kier alpha value is -1.65.